The van der Waals surface area contributed by atoms with Crippen LogP contribution in [0, 0.1) is 11.6 Å². The average molecular weight is 281 g/mol. The molecule has 2 saturated heterocycles. The van der Waals surface area contributed by atoms with Crippen LogP contribution in [0.4, 0.5) is 8.78 Å². The summed E-state index contributed by atoms with van der Waals surface area (Å²) < 4.78 is 31.6. The van der Waals surface area contributed by atoms with Gasteiger partial charge in [-0.2, -0.15) is 0 Å². The number of fused-ring (bicyclic) bond motifs is 1. The molecule has 2 unspecified atom stereocenters. The molecular formula is C15H17F2NO2. The Morgan fingerprint density at radius 1 is 1.35 bits per heavy atom. The van der Waals surface area contributed by atoms with E-state index in [1.54, 1.807) is 0 Å². The maximum atomic E-state index is 13.1. The van der Waals surface area contributed by atoms with E-state index in [0.717, 1.165) is 31.5 Å². The van der Waals surface area contributed by atoms with Crippen molar-refractivity contribution < 1.29 is 18.3 Å². The number of hydrogen-bond acceptors (Lipinski definition) is 3. The number of rotatable bonds is 3. The van der Waals surface area contributed by atoms with E-state index in [9.17, 15) is 13.6 Å². The molecule has 0 saturated carbocycles. The minimum absolute atomic E-state index is 0.0682. The highest BCUT2D eigenvalue weighted by Crippen LogP contribution is 2.23. The quantitative estimate of drug-likeness (QED) is 0.848. The van der Waals surface area contributed by atoms with Crippen molar-refractivity contribution in [1.29, 1.82) is 0 Å². The zero-order chi connectivity index (χ0) is 14.1. The lowest BCUT2D eigenvalue weighted by Crippen LogP contribution is -2.49. The number of hydrogen-bond donors (Lipinski definition) is 0. The molecule has 2 atom stereocenters. The minimum Gasteiger partial charge on any atom is -0.367 e. The van der Waals surface area contributed by atoms with Crippen LogP contribution in [-0.4, -0.2) is 42.5 Å². The van der Waals surface area contributed by atoms with Crippen LogP contribution >= 0.6 is 0 Å². The molecule has 3 rings (SSSR count). The van der Waals surface area contributed by atoms with Crippen LogP contribution in [0.2, 0.25) is 0 Å². The van der Waals surface area contributed by atoms with Gasteiger partial charge in [-0.25, -0.2) is 8.78 Å². The van der Waals surface area contributed by atoms with Crippen molar-refractivity contribution in [3.05, 3.63) is 35.4 Å². The number of ether oxygens (including phenoxy) is 1. The Labute approximate surface area is 116 Å². The molecular weight excluding hydrogens is 264 g/mol. The molecule has 3 nitrogen and oxygen atoms in total. The topological polar surface area (TPSA) is 29.5 Å². The van der Waals surface area contributed by atoms with Crippen LogP contribution in [0.25, 0.3) is 0 Å². The van der Waals surface area contributed by atoms with E-state index in [1.807, 2.05) is 0 Å². The van der Waals surface area contributed by atoms with E-state index < -0.39 is 17.7 Å². The van der Waals surface area contributed by atoms with E-state index in [-0.39, 0.29) is 12.2 Å². The van der Waals surface area contributed by atoms with Crippen LogP contribution in [-0.2, 0) is 16.0 Å². The van der Waals surface area contributed by atoms with Gasteiger partial charge in [0.05, 0.1) is 6.61 Å². The summed E-state index contributed by atoms with van der Waals surface area (Å²) in [7, 11) is 0. The highest BCUT2D eigenvalue weighted by atomic mass is 19.2. The van der Waals surface area contributed by atoms with E-state index in [2.05, 4.69) is 4.90 Å². The van der Waals surface area contributed by atoms with Crippen molar-refractivity contribution in [3.63, 3.8) is 0 Å². The second kappa shape index (κ2) is 5.58. The molecule has 0 N–H and O–H groups in total. The van der Waals surface area contributed by atoms with Gasteiger partial charge >= 0.3 is 0 Å². The summed E-state index contributed by atoms with van der Waals surface area (Å²) in [5.74, 6) is -1.88. The van der Waals surface area contributed by atoms with Gasteiger partial charge in [-0.05, 0) is 37.1 Å². The molecule has 0 spiro atoms. The van der Waals surface area contributed by atoms with Crippen molar-refractivity contribution in [2.24, 2.45) is 0 Å². The first-order valence-corrected chi connectivity index (χ1v) is 6.96. The van der Waals surface area contributed by atoms with Crippen LogP contribution in [0.3, 0.4) is 0 Å². The molecule has 20 heavy (non-hydrogen) atoms. The van der Waals surface area contributed by atoms with Gasteiger partial charge in [0.1, 0.15) is 6.10 Å². The average Bonchev–Trinajstić information content (AvgIpc) is 2.90. The summed E-state index contributed by atoms with van der Waals surface area (Å²) in [6.07, 6.45) is 1.92. The highest BCUT2D eigenvalue weighted by Gasteiger charge is 2.35. The lowest BCUT2D eigenvalue weighted by atomic mass is 10.0. The molecule has 0 radical (unpaired) electrons. The Morgan fingerprint density at radius 2 is 2.20 bits per heavy atom. The Hall–Kier alpha value is -1.33. The minimum atomic E-state index is -0.917. The predicted octanol–water partition coefficient (Wildman–Crippen LogP) is 1.94. The fraction of sp³-hybridized carbons (Fsp3) is 0.533. The number of morpholine rings is 1. The summed E-state index contributed by atoms with van der Waals surface area (Å²) in [6, 6.07) is 4.02. The standard InChI is InChI=1S/C15H17F2NO2/c16-12-4-3-10(6-13(12)17)7-14(19)15-8-18-5-1-2-11(18)9-20-15/h3-4,6,11,15H,1-2,5,7-9H2. The fourth-order valence-electron chi connectivity index (χ4n) is 2.98. The van der Waals surface area contributed by atoms with Crippen molar-refractivity contribution in [1.82, 2.24) is 4.90 Å². The van der Waals surface area contributed by atoms with Gasteiger partial charge in [0.2, 0.25) is 0 Å². The Kier molecular flexibility index (Phi) is 3.81. The van der Waals surface area contributed by atoms with E-state index in [1.165, 1.54) is 6.07 Å². The Morgan fingerprint density at radius 3 is 3.00 bits per heavy atom. The number of benzene rings is 1. The number of Topliss-reactive ketones (excluding diaryl/α,β-unsaturated/α-hetero) is 1. The largest absolute Gasteiger partial charge is 0.367 e. The molecule has 2 heterocycles. The van der Waals surface area contributed by atoms with Gasteiger partial charge in [0, 0.05) is 19.0 Å². The van der Waals surface area contributed by atoms with E-state index in [0.29, 0.717) is 24.8 Å². The second-order valence-electron chi connectivity index (χ2n) is 5.50. The van der Waals surface area contributed by atoms with Crippen LogP contribution in [0.1, 0.15) is 18.4 Å². The van der Waals surface area contributed by atoms with Crippen LogP contribution in [0.5, 0.6) is 0 Å². The molecule has 108 valence electrons. The molecule has 0 bridgehead atoms. The third kappa shape index (κ3) is 2.74. The molecule has 2 fully saturated rings. The smallest absolute Gasteiger partial charge is 0.167 e. The number of carbonyl (C=O) groups excluding carboxylic acids is 1. The maximum absolute atomic E-state index is 13.1. The van der Waals surface area contributed by atoms with Gasteiger partial charge in [-0.3, -0.25) is 9.69 Å². The Bertz CT molecular complexity index is 521. The molecule has 1 aromatic carbocycles. The first-order valence-electron chi connectivity index (χ1n) is 6.96. The zero-order valence-electron chi connectivity index (χ0n) is 11.1. The predicted molar refractivity (Wildman–Crippen MR) is 69.4 cm³/mol. The number of halogens is 2. The number of ketones is 1. The third-order valence-electron chi connectivity index (χ3n) is 4.11. The van der Waals surface area contributed by atoms with Crippen molar-refractivity contribution >= 4 is 5.78 Å². The SMILES string of the molecule is O=C(Cc1ccc(F)c(F)c1)C1CN2CCCC2CO1. The van der Waals surface area contributed by atoms with Gasteiger partial charge in [-0.15, -0.1) is 0 Å². The lowest BCUT2D eigenvalue weighted by Gasteiger charge is -2.34. The normalized spacial score (nSPS) is 26.5. The molecule has 2 aliphatic rings. The second-order valence-corrected chi connectivity index (χ2v) is 5.50. The molecule has 0 amide bonds. The summed E-state index contributed by atoms with van der Waals surface area (Å²) in [6.45, 7) is 2.23. The number of carbonyl (C=O) groups is 1. The Balaban J connectivity index is 1.62. The highest BCUT2D eigenvalue weighted by molar-refractivity contribution is 5.85. The monoisotopic (exact) mass is 281 g/mol. The third-order valence-corrected chi connectivity index (χ3v) is 4.11. The van der Waals surface area contributed by atoms with Crippen molar-refractivity contribution in [2.45, 2.75) is 31.4 Å². The lowest BCUT2D eigenvalue weighted by molar-refractivity contribution is -0.137. The first kappa shape index (κ1) is 13.6. The van der Waals surface area contributed by atoms with Crippen molar-refractivity contribution in [3.8, 4) is 0 Å². The molecule has 2 aliphatic heterocycles. The van der Waals surface area contributed by atoms with Gasteiger partial charge in [-0.1, -0.05) is 6.07 Å². The van der Waals surface area contributed by atoms with E-state index >= 15 is 0 Å². The van der Waals surface area contributed by atoms with Gasteiger partial charge < -0.3 is 4.74 Å². The van der Waals surface area contributed by atoms with E-state index in [4.69, 9.17) is 4.74 Å². The fourth-order valence-corrected chi connectivity index (χ4v) is 2.98. The molecule has 0 aromatic heterocycles. The van der Waals surface area contributed by atoms with Crippen LogP contribution < -0.4 is 0 Å². The van der Waals surface area contributed by atoms with Gasteiger partial charge in [0.15, 0.2) is 17.4 Å². The summed E-state index contributed by atoms with van der Waals surface area (Å²) in [4.78, 5) is 14.5. The zero-order valence-corrected chi connectivity index (χ0v) is 11.1. The molecule has 1 aromatic rings. The summed E-state index contributed by atoms with van der Waals surface area (Å²) >= 11 is 0. The maximum Gasteiger partial charge on any atom is 0.167 e. The first-order chi connectivity index (χ1) is 9.63. The summed E-state index contributed by atoms with van der Waals surface area (Å²) in [5, 5.41) is 0. The van der Waals surface area contributed by atoms with Crippen molar-refractivity contribution in [2.75, 3.05) is 19.7 Å². The molecule has 0 aliphatic carbocycles. The number of nitrogens with zero attached hydrogens (tertiary/aromatic N) is 1. The summed E-state index contributed by atoms with van der Waals surface area (Å²) in [5.41, 5.74) is 0.487. The molecule has 5 heteroatoms. The van der Waals surface area contributed by atoms with Crippen LogP contribution in [0.15, 0.2) is 18.2 Å². The van der Waals surface area contributed by atoms with Gasteiger partial charge in [0.25, 0.3) is 0 Å².